The second kappa shape index (κ2) is 5.32. The molecule has 0 amide bonds. The first kappa shape index (κ1) is 11.4. The normalized spacial score (nSPS) is 10.4. The number of nitrogens with one attached hydrogen (secondary N) is 2. The zero-order chi connectivity index (χ0) is 12.1. The van der Waals surface area contributed by atoms with Gasteiger partial charge in [0.25, 0.3) is 0 Å². The minimum absolute atomic E-state index is 0.325. The molecule has 17 heavy (non-hydrogen) atoms. The van der Waals surface area contributed by atoms with Crippen LogP contribution in [0.5, 0.6) is 0 Å². The van der Waals surface area contributed by atoms with Crippen LogP contribution in [0.3, 0.4) is 0 Å². The Morgan fingerprint density at radius 3 is 2.76 bits per heavy atom. The van der Waals surface area contributed by atoms with Gasteiger partial charge in [-0.1, -0.05) is 12.1 Å². The molecule has 2 rings (SSSR count). The Labute approximate surface area is 99.3 Å². The molecule has 1 aromatic heterocycles. The van der Waals surface area contributed by atoms with Gasteiger partial charge >= 0.3 is 5.97 Å². The highest BCUT2D eigenvalue weighted by atomic mass is 16.4. The smallest absolute Gasteiger partial charge is 0.335 e. The highest BCUT2D eigenvalue weighted by Gasteiger charge is 2.02. The topological polar surface area (TPSA) is 65.1 Å². The van der Waals surface area contributed by atoms with Gasteiger partial charge in [0.2, 0.25) is 0 Å². The van der Waals surface area contributed by atoms with Gasteiger partial charge in [-0.3, -0.25) is 0 Å². The van der Waals surface area contributed by atoms with Crippen LogP contribution >= 0.6 is 0 Å². The maximum Gasteiger partial charge on any atom is 0.335 e. The van der Waals surface area contributed by atoms with E-state index in [-0.39, 0.29) is 0 Å². The number of aromatic carboxylic acids is 1. The summed E-state index contributed by atoms with van der Waals surface area (Å²) in [6, 6.07) is 8.96. The molecule has 4 nitrogen and oxygen atoms in total. The highest BCUT2D eigenvalue weighted by Crippen LogP contribution is 2.05. The predicted octanol–water partition coefficient (Wildman–Crippen LogP) is 2.00. The minimum atomic E-state index is -0.891. The first-order valence-corrected chi connectivity index (χ1v) is 5.40. The van der Waals surface area contributed by atoms with Crippen molar-refractivity contribution in [3.05, 3.63) is 59.4 Å². The van der Waals surface area contributed by atoms with E-state index in [0.29, 0.717) is 12.1 Å². The van der Waals surface area contributed by atoms with Crippen LogP contribution in [0, 0.1) is 0 Å². The van der Waals surface area contributed by atoms with Crippen molar-refractivity contribution >= 4 is 5.97 Å². The molecule has 0 aliphatic rings. The molecule has 88 valence electrons. The molecule has 0 atom stereocenters. The number of aromatic nitrogens is 1. The van der Waals surface area contributed by atoms with E-state index < -0.39 is 5.97 Å². The molecule has 0 unspecified atom stereocenters. The number of aromatic amines is 1. The van der Waals surface area contributed by atoms with E-state index >= 15 is 0 Å². The summed E-state index contributed by atoms with van der Waals surface area (Å²) in [6.45, 7) is 1.42. The summed E-state index contributed by atoms with van der Waals surface area (Å²) in [7, 11) is 0. The van der Waals surface area contributed by atoms with Gasteiger partial charge in [0.15, 0.2) is 0 Å². The van der Waals surface area contributed by atoms with Crippen molar-refractivity contribution in [1.82, 2.24) is 10.3 Å². The molecule has 0 saturated carbocycles. The lowest BCUT2D eigenvalue weighted by Gasteiger charge is -2.04. The molecule has 0 radical (unpaired) electrons. The zero-order valence-electron chi connectivity index (χ0n) is 9.31. The average Bonchev–Trinajstić information content (AvgIpc) is 2.82. The van der Waals surface area contributed by atoms with Gasteiger partial charge in [0, 0.05) is 25.5 Å². The van der Waals surface area contributed by atoms with Crippen molar-refractivity contribution in [2.45, 2.75) is 13.1 Å². The van der Waals surface area contributed by atoms with Gasteiger partial charge in [0.1, 0.15) is 0 Å². The van der Waals surface area contributed by atoms with Crippen molar-refractivity contribution in [3.8, 4) is 0 Å². The van der Waals surface area contributed by atoms with Crippen LogP contribution < -0.4 is 5.32 Å². The van der Waals surface area contributed by atoms with Crippen LogP contribution in [0.25, 0.3) is 0 Å². The molecular formula is C13H14N2O2. The Morgan fingerprint density at radius 1 is 1.24 bits per heavy atom. The maximum atomic E-state index is 10.8. The van der Waals surface area contributed by atoms with Crippen molar-refractivity contribution in [1.29, 1.82) is 0 Å². The SMILES string of the molecule is O=C(O)c1cccc(CNCc2cc[nH]c2)c1. The third kappa shape index (κ3) is 3.19. The molecule has 0 aliphatic heterocycles. The van der Waals surface area contributed by atoms with Gasteiger partial charge in [-0.15, -0.1) is 0 Å². The predicted molar refractivity (Wildman–Crippen MR) is 64.7 cm³/mol. The number of H-pyrrole nitrogens is 1. The quantitative estimate of drug-likeness (QED) is 0.736. The molecule has 0 bridgehead atoms. The summed E-state index contributed by atoms with van der Waals surface area (Å²) in [5.41, 5.74) is 2.48. The standard InChI is InChI=1S/C13H14N2O2/c16-13(17)12-3-1-2-10(6-12)7-15-9-11-4-5-14-8-11/h1-6,8,14-15H,7,9H2,(H,16,17). The Bertz CT molecular complexity index is 492. The molecule has 0 aliphatic carbocycles. The van der Waals surface area contributed by atoms with E-state index in [1.807, 2.05) is 24.5 Å². The number of carboxylic acid groups (broad SMARTS) is 1. The lowest BCUT2D eigenvalue weighted by molar-refractivity contribution is 0.0696. The van der Waals surface area contributed by atoms with Crippen molar-refractivity contribution in [2.75, 3.05) is 0 Å². The zero-order valence-corrected chi connectivity index (χ0v) is 9.31. The van der Waals surface area contributed by atoms with E-state index in [0.717, 1.165) is 12.1 Å². The summed E-state index contributed by atoms with van der Waals surface area (Å²) < 4.78 is 0. The first-order valence-electron chi connectivity index (χ1n) is 5.40. The molecule has 1 aromatic carbocycles. The lowest BCUT2D eigenvalue weighted by atomic mass is 10.1. The minimum Gasteiger partial charge on any atom is -0.478 e. The molecule has 3 N–H and O–H groups in total. The maximum absolute atomic E-state index is 10.8. The van der Waals surface area contributed by atoms with Gasteiger partial charge in [-0.05, 0) is 29.3 Å². The van der Waals surface area contributed by atoms with Crippen LogP contribution in [-0.2, 0) is 13.1 Å². The monoisotopic (exact) mass is 230 g/mol. The van der Waals surface area contributed by atoms with Crippen LogP contribution in [0.15, 0.2) is 42.7 Å². The van der Waals surface area contributed by atoms with Crippen LogP contribution in [0.2, 0.25) is 0 Å². The van der Waals surface area contributed by atoms with E-state index in [1.165, 1.54) is 5.56 Å². The Balaban J connectivity index is 1.90. The molecule has 2 aromatic rings. The average molecular weight is 230 g/mol. The summed E-state index contributed by atoms with van der Waals surface area (Å²) >= 11 is 0. The van der Waals surface area contributed by atoms with Crippen molar-refractivity contribution in [3.63, 3.8) is 0 Å². The molecular weight excluding hydrogens is 216 g/mol. The number of benzene rings is 1. The molecule has 0 fully saturated rings. The number of hydrogen-bond acceptors (Lipinski definition) is 2. The van der Waals surface area contributed by atoms with Crippen molar-refractivity contribution < 1.29 is 9.90 Å². The number of rotatable bonds is 5. The van der Waals surface area contributed by atoms with Gasteiger partial charge in [0.05, 0.1) is 5.56 Å². The van der Waals surface area contributed by atoms with E-state index in [1.54, 1.807) is 18.2 Å². The van der Waals surface area contributed by atoms with Crippen LogP contribution in [0.1, 0.15) is 21.5 Å². The number of hydrogen-bond donors (Lipinski definition) is 3. The Hall–Kier alpha value is -2.07. The highest BCUT2D eigenvalue weighted by molar-refractivity contribution is 5.87. The summed E-state index contributed by atoms with van der Waals surface area (Å²) in [5, 5.41) is 12.1. The van der Waals surface area contributed by atoms with Crippen molar-refractivity contribution in [2.24, 2.45) is 0 Å². The number of carbonyl (C=O) groups is 1. The van der Waals surface area contributed by atoms with Gasteiger partial charge in [-0.2, -0.15) is 0 Å². The van der Waals surface area contributed by atoms with Crippen LogP contribution in [-0.4, -0.2) is 16.1 Å². The largest absolute Gasteiger partial charge is 0.478 e. The molecule has 0 spiro atoms. The summed E-state index contributed by atoms with van der Waals surface area (Å²) in [5.74, 6) is -0.891. The fourth-order valence-corrected chi connectivity index (χ4v) is 1.63. The van der Waals surface area contributed by atoms with E-state index in [9.17, 15) is 4.79 Å². The fourth-order valence-electron chi connectivity index (χ4n) is 1.63. The molecule has 4 heteroatoms. The molecule has 1 heterocycles. The molecule has 0 saturated heterocycles. The Kier molecular flexibility index (Phi) is 3.57. The Morgan fingerprint density at radius 2 is 2.06 bits per heavy atom. The third-order valence-electron chi connectivity index (χ3n) is 2.49. The summed E-state index contributed by atoms with van der Waals surface area (Å²) in [4.78, 5) is 13.8. The fraction of sp³-hybridized carbons (Fsp3) is 0.154. The second-order valence-corrected chi connectivity index (χ2v) is 3.83. The summed E-state index contributed by atoms with van der Waals surface area (Å²) in [6.07, 6.45) is 3.81. The number of carboxylic acids is 1. The van der Waals surface area contributed by atoms with Gasteiger partial charge < -0.3 is 15.4 Å². The third-order valence-corrected chi connectivity index (χ3v) is 2.49. The lowest BCUT2D eigenvalue weighted by Crippen LogP contribution is -2.12. The second-order valence-electron chi connectivity index (χ2n) is 3.83. The van der Waals surface area contributed by atoms with E-state index in [4.69, 9.17) is 5.11 Å². The van der Waals surface area contributed by atoms with E-state index in [2.05, 4.69) is 10.3 Å². The van der Waals surface area contributed by atoms with Gasteiger partial charge in [-0.25, -0.2) is 4.79 Å². The van der Waals surface area contributed by atoms with Crippen LogP contribution in [0.4, 0.5) is 0 Å². The first-order chi connectivity index (χ1) is 8.25.